The van der Waals surface area contributed by atoms with Crippen molar-refractivity contribution in [2.45, 2.75) is 38.6 Å². The van der Waals surface area contributed by atoms with Gasteiger partial charge in [0, 0.05) is 37.9 Å². The van der Waals surface area contributed by atoms with Crippen LogP contribution in [0.25, 0.3) is 0 Å². The van der Waals surface area contributed by atoms with E-state index in [2.05, 4.69) is 15.2 Å². The Bertz CT molecular complexity index is 845. The summed E-state index contributed by atoms with van der Waals surface area (Å²) in [4.78, 5) is 34.5. The van der Waals surface area contributed by atoms with Crippen molar-refractivity contribution in [2.24, 2.45) is 10.9 Å². The lowest BCUT2D eigenvalue weighted by Crippen LogP contribution is -2.49. The van der Waals surface area contributed by atoms with Crippen molar-refractivity contribution in [3.05, 3.63) is 35.4 Å². The van der Waals surface area contributed by atoms with Crippen molar-refractivity contribution in [1.29, 1.82) is 0 Å². The second-order valence-electron chi connectivity index (χ2n) is 8.31. The highest BCUT2D eigenvalue weighted by Gasteiger charge is 2.71. The number of aliphatic hydroxyl groups excluding tert-OH is 1. The fourth-order valence-corrected chi connectivity index (χ4v) is 4.08. The number of aliphatic hydroxyl groups is 1. The molecule has 0 aromatic rings. The molecule has 4 aliphatic rings. The van der Waals surface area contributed by atoms with E-state index in [1.807, 2.05) is 19.9 Å². The lowest BCUT2D eigenvalue weighted by atomic mass is 9.99. The molecule has 0 aromatic heterocycles. The van der Waals surface area contributed by atoms with E-state index in [0.717, 1.165) is 25.9 Å². The molecule has 2 N–H and O–H groups in total. The van der Waals surface area contributed by atoms with Crippen LogP contribution in [0.3, 0.4) is 0 Å². The summed E-state index contributed by atoms with van der Waals surface area (Å²) >= 11 is 0. The summed E-state index contributed by atoms with van der Waals surface area (Å²) in [6.45, 7) is 7.85. The van der Waals surface area contributed by atoms with Gasteiger partial charge in [-0.1, -0.05) is 19.1 Å². The molecular formula is C22H30N4O4. The smallest absolute Gasteiger partial charge is 0.267 e. The molecule has 2 heterocycles. The Kier molecular flexibility index (Phi) is 5.79. The zero-order valence-electron chi connectivity index (χ0n) is 17.7. The van der Waals surface area contributed by atoms with Crippen molar-refractivity contribution >= 4 is 17.5 Å². The minimum atomic E-state index is -0.502. The second-order valence-corrected chi connectivity index (χ2v) is 8.31. The maximum absolute atomic E-state index is 13.4. The topological polar surface area (TPSA) is 94.5 Å². The third-order valence-electron chi connectivity index (χ3n) is 6.22. The van der Waals surface area contributed by atoms with E-state index in [0.29, 0.717) is 44.3 Å². The van der Waals surface area contributed by atoms with Crippen LogP contribution < -0.4 is 5.32 Å². The Balaban J connectivity index is 1.63. The third-order valence-corrected chi connectivity index (χ3v) is 6.22. The Hall–Kier alpha value is -2.45. The van der Waals surface area contributed by atoms with E-state index in [9.17, 15) is 14.7 Å². The molecule has 2 amide bonds. The molecule has 2 aliphatic heterocycles. The Morgan fingerprint density at radius 2 is 2.03 bits per heavy atom. The largest absolute Gasteiger partial charge is 0.505 e. The minimum absolute atomic E-state index is 0.135. The predicted molar refractivity (Wildman–Crippen MR) is 113 cm³/mol. The second kappa shape index (κ2) is 8.35. The predicted octanol–water partition coefficient (Wildman–Crippen LogP) is 1.52. The molecule has 0 unspecified atom stereocenters. The number of hydrogen-bond donors (Lipinski definition) is 2. The molecule has 3 fully saturated rings. The van der Waals surface area contributed by atoms with Gasteiger partial charge in [0.05, 0.1) is 18.9 Å². The first-order valence-electron chi connectivity index (χ1n) is 10.8. The molecule has 30 heavy (non-hydrogen) atoms. The molecule has 0 bridgehead atoms. The summed E-state index contributed by atoms with van der Waals surface area (Å²) in [5.41, 5.74) is 0.475. The van der Waals surface area contributed by atoms with Crippen LogP contribution in [0.5, 0.6) is 0 Å². The fraction of sp³-hybridized carbons (Fsp3) is 0.591. The van der Waals surface area contributed by atoms with Gasteiger partial charge in [-0.2, -0.15) is 0 Å². The number of carbonyl (C=O) groups is 2. The highest BCUT2D eigenvalue weighted by Crippen LogP contribution is 2.66. The summed E-state index contributed by atoms with van der Waals surface area (Å²) in [6.07, 6.45) is 7.78. The lowest BCUT2D eigenvalue weighted by Gasteiger charge is -2.34. The van der Waals surface area contributed by atoms with Gasteiger partial charge in [-0.05, 0) is 32.1 Å². The normalized spacial score (nSPS) is 31.6. The average molecular weight is 415 g/mol. The number of rotatable bonds is 7. The molecule has 8 nitrogen and oxygen atoms in total. The van der Waals surface area contributed by atoms with Crippen LogP contribution in [0.4, 0.5) is 0 Å². The first-order valence-corrected chi connectivity index (χ1v) is 10.8. The number of amides is 2. The van der Waals surface area contributed by atoms with E-state index in [1.54, 1.807) is 17.2 Å². The quantitative estimate of drug-likeness (QED) is 0.616. The van der Waals surface area contributed by atoms with Gasteiger partial charge in [0.1, 0.15) is 11.3 Å². The number of hydrogen-bond acceptors (Lipinski definition) is 6. The monoisotopic (exact) mass is 414 g/mol. The maximum atomic E-state index is 13.4. The van der Waals surface area contributed by atoms with E-state index in [-0.39, 0.29) is 22.6 Å². The number of carbonyl (C=O) groups excluding carboxylic acids is 2. The van der Waals surface area contributed by atoms with Crippen molar-refractivity contribution in [1.82, 2.24) is 15.1 Å². The van der Waals surface area contributed by atoms with Gasteiger partial charge >= 0.3 is 0 Å². The number of aliphatic imine (C=N–C) groups is 1. The number of morpholine rings is 1. The van der Waals surface area contributed by atoms with Gasteiger partial charge in [-0.25, -0.2) is 0 Å². The van der Waals surface area contributed by atoms with Crippen LogP contribution in [-0.2, 0) is 14.3 Å². The zero-order valence-corrected chi connectivity index (χ0v) is 17.7. The van der Waals surface area contributed by atoms with Gasteiger partial charge in [-0.3, -0.25) is 19.5 Å². The van der Waals surface area contributed by atoms with Crippen LogP contribution in [-0.4, -0.2) is 77.4 Å². The van der Waals surface area contributed by atoms with E-state index < -0.39 is 11.8 Å². The Morgan fingerprint density at radius 1 is 1.33 bits per heavy atom. The SMILES string of the molecule is C\C=C/N=C1\C(O)=C(C(=O)NC23CC2C3)C(=O)N(CCN2CCOCC2)\C1=C/CC. The van der Waals surface area contributed by atoms with Crippen molar-refractivity contribution in [2.75, 3.05) is 39.4 Å². The molecule has 0 spiro atoms. The third kappa shape index (κ3) is 3.94. The molecular weight excluding hydrogens is 384 g/mol. The Labute approximate surface area is 177 Å². The van der Waals surface area contributed by atoms with Gasteiger partial charge in [0.25, 0.3) is 11.8 Å². The first kappa shape index (κ1) is 20.8. The lowest BCUT2D eigenvalue weighted by molar-refractivity contribution is -0.129. The van der Waals surface area contributed by atoms with E-state index in [4.69, 9.17) is 4.74 Å². The summed E-state index contributed by atoms with van der Waals surface area (Å²) in [7, 11) is 0. The van der Waals surface area contributed by atoms with Crippen LogP contribution in [0, 0.1) is 5.92 Å². The number of fused-ring (bicyclic) bond motifs is 1. The maximum Gasteiger partial charge on any atom is 0.267 e. The number of nitrogens with one attached hydrogen (secondary N) is 1. The van der Waals surface area contributed by atoms with Gasteiger partial charge < -0.3 is 20.1 Å². The highest BCUT2D eigenvalue weighted by atomic mass is 16.5. The van der Waals surface area contributed by atoms with Crippen molar-refractivity contribution in [3.63, 3.8) is 0 Å². The summed E-state index contributed by atoms with van der Waals surface area (Å²) in [5.74, 6) is -0.775. The molecule has 8 heteroatoms. The first-order chi connectivity index (χ1) is 14.5. The summed E-state index contributed by atoms with van der Waals surface area (Å²) in [5, 5.41) is 13.9. The van der Waals surface area contributed by atoms with Crippen molar-refractivity contribution < 1.29 is 19.4 Å². The van der Waals surface area contributed by atoms with E-state index >= 15 is 0 Å². The van der Waals surface area contributed by atoms with Crippen LogP contribution in [0.2, 0.25) is 0 Å². The van der Waals surface area contributed by atoms with Crippen LogP contribution in [0.15, 0.2) is 40.4 Å². The molecule has 2 saturated carbocycles. The van der Waals surface area contributed by atoms with Gasteiger partial charge in [0.15, 0.2) is 5.76 Å². The molecule has 1 saturated heterocycles. The number of nitrogens with zero attached hydrogens (tertiary/aromatic N) is 3. The zero-order chi connectivity index (χ0) is 21.3. The van der Waals surface area contributed by atoms with E-state index in [1.165, 1.54) is 0 Å². The van der Waals surface area contributed by atoms with Gasteiger partial charge in [-0.15, -0.1) is 0 Å². The molecule has 0 radical (unpaired) electrons. The minimum Gasteiger partial charge on any atom is -0.505 e. The van der Waals surface area contributed by atoms with Gasteiger partial charge in [0.2, 0.25) is 0 Å². The fourth-order valence-electron chi connectivity index (χ4n) is 4.08. The molecule has 2 aliphatic carbocycles. The number of allylic oxidation sites excluding steroid dienone is 2. The average Bonchev–Trinajstić information content (AvgIpc) is 3.59. The Morgan fingerprint density at radius 3 is 2.63 bits per heavy atom. The van der Waals surface area contributed by atoms with Crippen LogP contribution >= 0.6 is 0 Å². The highest BCUT2D eigenvalue weighted by molar-refractivity contribution is 6.30. The summed E-state index contributed by atoms with van der Waals surface area (Å²) < 4.78 is 5.40. The van der Waals surface area contributed by atoms with Crippen molar-refractivity contribution in [3.8, 4) is 0 Å². The summed E-state index contributed by atoms with van der Waals surface area (Å²) in [6, 6.07) is 0. The standard InChI is InChI=1S/C22H30N4O4/c1-3-5-16-18(23-6-4-2)19(27)17(20(28)24-22-13-15(22)14-22)21(29)26(16)8-7-25-9-11-30-12-10-25/h4-6,15,27H,3,7-14H2,1-2H3,(H,24,28)/b6-4-,16-5-,23-18-. The molecule has 162 valence electrons. The molecule has 4 rings (SSSR count). The molecule has 0 atom stereocenters. The molecule has 0 aromatic carbocycles. The van der Waals surface area contributed by atoms with Crippen LogP contribution in [0.1, 0.15) is 33.1 Å². The number of ether oxygens (including phenoxy) is 1.